The maximum absolute atomic E-state index is 10.3. The van der Waals surface area contributed by atoms with Crippen molar-refractivity contribution in [2.45, 2.75) is 62.9 Å². The Morgan fingerprint density at radius 1 is 1.39 bits per heavy atom. The first-order valence-corrected chi connectivity index (χ1v) is 7.64. The van der Waals surface area contributed by atoms with Crippen molar-refractivity contribution in [3.63, 3.8) is 0 Å². The van der Waals surface area contributed by atoms with Crippen molar-refractivity contribution in [2.24, 2.45) is 5.73 Å². The third-order valence-electron chi connectivity index (χ3n) is 3.43. The smallest absolute Gasteiger partial charge is 0.191 e. The standard InChI is InChI=1S/C12H22N4OS/c1-2-7-16-10(8-13)14-15-11(16)18-9-12(17)5-3-4-6-12/h17H,2-9,13H2,1H3. The fourth-order valence-corrected chi connectivity index (χ4v) is 3.54. The van der Waals surface area contributed by atoms with Gasteiger partial charge in [0.25, 0.3) is 0 Å². The molecule has 1 aromatic rings. The summed E-state index contributed by atoms with van der Waals surface area (Å²) < 4.78 is 2.07. The third kappa shape index (κ3) is 3.05. The van der Waals surface area contributed by atoms with Gasteiger partial charge in [0.15, 0.2) is 5.16 Å². The molecule has 2 rings (SSSR count). The highest BCUT2D eigenvalue weighted by Crippen LogP contribution is 2.34. The van der Waals surface area contributed by atoms with E-state index in [0.717, 1.165) is 49.6 Å². The van der Waals surface area contributed by atoms with Crippen molar-refractivity contribution < 1.29 is 5.11 Å². The molecule has 1 aromatic heterocycles. The van der Waals surface area contributed by atoms with Gasteiger partial charge in [0, 0.05) is 12.3 Å². The predicted octanol–water partition coefficient (Wildman–Crippen LogP) is 1.54. The molecule has 1 fully saturated rings. The van der Waals surface area contributed by atoms with E-state index in [1.54, 1.807) is 11.8 Å². The first-order chi connectivity index (χ1) is 8.68. The largest absolute Gasteiger partial charge is 0.389 e. The first-order valence-electron chi connectivity index (χ1n) is 6.66. The van der Waals surface area contributed by atoms with Gasteiger partial charge in [-0.15, -0.1) is 10.2 Å². The van der Waals surface area contributed by atoms with Crippen LogP contribution in [0.4, 0.5) is 0 Å². The second-order valence-corrected chi connectivity index (χ2v) is 5.92. The minimum atomic E-state index is -0.503. The second-order valence-electron chi connectivity index (χ2n) is 4.97. The van der Waals surface area contributed by atoms with E-state index in [-0.39, 0.29) is 0 Å². The molecule has 0 saturated heterocycles. The van der Waals surface area contributed by atoms with Crippen molar-refractivity contribution in [1.29, 1.82) is 0 Å². The molecule has 0 amide bonds. The summed E-state index contributed by atoms with van der Waals surface area (Å²) in [5, 5.41) is 19.5. The summed E-state index contributed by atoms with van der Waals surface area (Å²) in [6, 6.07) is 0. The number of thioether (sulfide) groups is 1. The Morgan fingerprint density at radius 3 is 2.72 bits per heavy atom. The lowest BCUT2D eigenvalue weighted by molar-refractivity contribution is 0.0732. The molecule has 1 saturated carbocycles. The van der Waals surface area contributed by atoms with Crippen LogP contribution in [-0.2, 0) is 13.1 Å². The molecule has 0 bridgehead atoms. The van der Waals surface area contributed by atoms with Crippen LogP contribution in [0.25, 0.3) is 0 Å². The van der Waals surface area contributed by atoms with Gasteiger partial charge in [0.05, 0.1) is 12.1 Å². The molecule has 3 N–H and O–H groups in total. The molecule has 6 heteroatoms. The molecule has 1 aliphatic carbocycles. The summed E-state index contributed by atoms with van der Waals surface area (Å²) in [5.41, 5.74) is 5.15. The summed E-state index contributed by atoms with van der Waals surface area (Å²) in [7, 11) is 0. The van der Waals surface area contributed by atoms with E-state index in [9.17, 15) is 5.11 Å². The summed E-state index contributed by atoms with van der Waals surface area (Å²) in [6.45, 7) is 3.43. The fourth-order valence-electron chi connectivity index (χ4n) is 2.40. The number of nitrogens with zero attached hydrogens (tertiary/aromatic N) is 3. The van der Waals surface area contributed by atoms with Crippen LogP contribution in [0, 0.1) is 0 Å². The summed E-state index contributed by atoms with van der Waals surface area (Å²) in [6.07, 6.45) is 5.11. The lowest BCUT2D eigenvalue weighted by Gasteiger charge is -2.21. The topological polar surface area (TPSA) is 77.0 Å². The van der Waals surface area contributed by atoms with Gasteiger partial charge >= 0.3 is 0 Å². The lowest BCUT2D eigenvalue weighted by atomic mass is 10.1. The van der Waals surface area contributed by atoms with Crippen LogP contribution in [0.5, 0.6) is 0 Å². The van der Waals surface area contributed by atoms with Crippen molar-refractivity contribution in [1.82, 2.24) is 14.8 Å². The van der Waals surface area contributed by atoms with Gasteiger partial charge in [0.1, 0.15) is 5.82 Å². The first kappa shape index (κ1) is 13.8. The molecule has 0 unspecified atom stereocenters. The Kier molecular flexibility index (Phi) is 4.64. The van der Waals surface area contributed by atoms with Gasteiger partial charge in [-0.05, 0) is 19.3 Å². The summed E-state index contributed by atoms with van der Waals surface area (Å²) in [4.78, 5) is 0. The molecule has 18 heavy (non-hydrogen) atoms. The molecule has 1 aliphatic rings. The van der Waals surface area contributed by atoms with E-state index >= 15 is 0 Å². The number of rotatable bonds is 6. The van der Waals surface area contributed by atoms with Gasteiger partial charge in [0.2, 0.25) is 0 Å². The minimum Gasteiger partial charge on any atom is -0.389 e. The fraction of sp³-hybridized carbons (Fsp3) is 0.833. The van der Waals surface area contributed by atoms with Crippen LogP contribution in [0.1, 0.15) is 44.9 Å². The van der Waals surface area contributed by atoms with E-state index in [2.05, 4.69) is 21.7 Å². The molecule has 102 valence electrons. The molecule has 5 nitrogen and oxygen atoms in total. The Hall–Kier alpha value is -0.590. The van der Waals surface area contributed by atoms with E-state index in [1.165, 1.54) is 0 Å². The Balaban J connectivity index is 2.02. The summed E-state index contributed by atoms with van der Waals surface area (Å²) in [5.74, 6) is 1.54. The zero-order chi connectivity index (χ0) is 13.0. The molecule has 1 heterocycles. The summed E-state index contributed by atoms with van der Waals surface area (Å²) >= 11 is 1.60. The zero-order valence-electron chi connectivity index (χ0n) is 10.9. The molecule has 0 radical (unpaired) electrons. The number of nitrogens with two attached hydrogens (primary N) is 1. The second kappa shape index (κ2) is 6.04. The molecule has 0 spiro atoms. The highest BCUT2D eigenvalue weighted by atomic mass is 32.2. The Morgan fingerprint density at radius 2 is 2.11 bits per heavy atom. The average molecular weight is 270 g/mol. The van der Waals surface area contributed by atoms with Crippen molar-refractivity contribution >= 4 is 11.8 Å². The minimum absolute atomic E-state index is 0.415. The SMILES string of the molecule is CCCn1c(CN)nnc1SCC1(O)CCCC1. The normalized spacial score (nSPS) is 18.4. The molecular formula is C12H22N4OS. The highest BCUT2D eigenvalue weighted by molar-refractivity contribution is 7.99. The predicted molar refractivity (Wildman–Crippen MR) is 72.3 cm³/mol. The number of aromatic nitrogens is 3. The van der Waals surface area contributed by atoms with Gasteiger partial charge in [-0.1, -0.05) is 31.5 Å². The number of hydrogen-bond donors (Lipinski definition) is 2. The van der Waals surface area contributed by atoms with Crippen LogP contribution in [-0.4, -0.2) is 31.2 Å². The van der Waals surface area contributed by atoms with Crippen molar-refractivity contribution in [3.8, 4) is 0 Å². The van der Waals surface area contributed by atoms with Crippen molar-refractivity contribution in [3.05, 3.63) is 5.82 Å². The molecule has 0 aliphatic heterocycles. The van der Waals surface area contributed by atoms with Gasteiger partial charge in [-0.3, -0.25) is 0 Å². The molecular weight excluding hydrogens is 248 g/mol. The molecule has 0 atom stereocenters. The third-order valence-corrected chi connectivity index (χ3v) is 4.67. The van der Waals surface area contributed by atoms with Gasteiger partial charge < -0.3 is 15.4 Å². The van der Waals surface area contributed by atoms with Crippen LogP contribution >= 0.6 is 11.8 Å². The molecule has 0 aromatic carbocycles. The zero-order valence-corrected chi connectivity index (χ0v) is 11.7. The van der Waals surface area contributed by atoms with Crippen LogP contribution in [0.15, 0.2) is 5.16 Å². The average Bonchev–Trinajstić information content (AvgIpc) is 2.95. The maximum atomic E-state index is 10.3. The van der Waals surface area contributed by atoms with Gasteiger partial charge in [-0.2, -0.15) is 0 Å². The number of hydrogen-bond acceptors (Lipinski definition) is 5. The highest BCUT2D eigenvalue weighted by Gasteiger charge is 2.31. The Bertz CT molecular complexity index is 387. The van der Waals surface area contributed by atoms with Crippen molar-refractivity contribution in [2.75, 3.05) is 5.75 Å². The van der Waals surface area contributed by atoms with E-state index in [4.69, 9.17) is 5.73 Å². The lowest BCUT2D eigenvalue weighted by Crippen LogP contribution is -2.27. The Labute approximate surface area is 112 Å². The van der Waals surface area contributed by atoms with Gasteiger partial charge in [-0.25, -0.2) is 0 Å². The maximum Gasteiger partial charge on any atom is 0.191 e. The number of aliphatic hydroxyl groups is 1. The van der Waals surface area contributed by atoms with E-state index in [0.29, 0.717) is 12.3 Å². The quantitative estimate of drug-likeness (QED) is 0.767. The van der Waals surface area contributed by atoms with E-state index < -0.39 is 5.60 Å². The van der Waals surface area contributed by atoms with Crippen LogP contribution in [0.3, 0.4) is 0 Å². The van der Waals surface area contributed by atoms with Crippen LogP contribution < -0.4 is 5.73 Å². The van der Waals surface area contributed by atoms with E-state index in [1.807, 2.05) is 0 Å². The monoisotopic (exact) mass is 270 g/mol. The van der Waals surface area contributed by atoms with Crippen LogP contribution in [0.2, 0.25) is 0 Å².